The molecule has 0 aliphatic rings. The van der Waals surface area contributed by atoms with Crippen LogP contribution in [0.1, 0.15) is 26.7 Å². The van der Waals surface area contributed by atoms with Crippen molar-refractivity contribution in [3.05, 3.63) is 60.7 Å². The van der Waals surface area contributed by atoms with Crippen LogP contribution in [-0.4, -0.2) is 23.4 Å². The van der Waals surface area contributed by atoms with Crippen LogP contribution < -0.4 is 0 Å². The van der Waals surface area contributed by atoms with E-state index in [0.717, 1.165) is 26.1 Å². The summed E-state index contributed by atoms with van der Waals surface area (Å²) in [5.41, 5.74) is 0. The summed E-state index contributed by atoms with van der Waals surface area (Å²) in [5.74, 6) is 0.644. The Morgan fingerprint density at radius 3 is 1.19 bits per heavy atom. The molecule has 0 atom stereocenters. The molecule has 0 aliphatic heterocycles. The minimum atomic E-state index is 0.322. The molecular formula is C18H26O3. The SMILES string of the molecule is CCCOCCC.Oc1ccccc1.Oc1ccccc1. The van der Waals surface area contributed by atoms with E-state index in [1.807, 2.05) is 12.1 Å². The number of hydrogen-bond donors (Lipinski definition) is 2. The first kappa shape index (κ1) is 19.0. The van der Waals surface area contributed by atoms with Crippen molar-refractivity contribution in [3.63, 3.8) is 0 Å². The maximum Gasteiger partial charge on any atom is 0.115 e. The van der Waals surface area contributed by atoms with Crippen LogP contribution in [0.25, 0.3) is 0 Å². The van der Waals surface area contributed by atoms with E-state index in [1.165, 1.54) is 0 Å². The summed E-state index contributed by atoms with van der Waals surface area (Å²) < 4.78 is 5.13. The van der Waals surface area contributed by atoms with Crippen LogP contribution in [0.15, 0.2) is 60.7 Å². The van der Waals surface area contributed by atoms with Gasteiger partial charge in [0, 0.05) is 13.2 Å². The van der Waals surface area contributed by atoms with Crippen molar-refractivity contribution < 1.29 is 14.9 Å². The maximum absolute atomic E-state index is 8.63. The van der Waals surface area contributed by atoms with E-state index in [-0.39, 0.29) is 0 Å². The monoisotopic (exact) mass is 290 g/mol. The maximum atomic E-state index is 8.63. The second kappa shape index (κ2) is 14.4. The van der Waals surface area contributed by atoms with E-state index in [9.17, 15) is 0 Å². The molecule has 0 heterocycles. The molecule has 116 valence electrons. The largest absolute Gasteiger partial charge is 0.508 e. The number of para-hydroxylation sites is 2. The molecule has 0 spiro atoms. The quantitative estimate of drug-likeness (QED) is 0.809. The van der Waals surface area contributed by atoms with Gasteiger partial charge in [0.25, 0.3) is 0 Å². The summed E-state index contributed by atoms with van der Waals surface area (Å²) in [7, 11) is 0. The number of aromatic hydroxyl groups is 2. The van der Waals surface area contributed by atoms with Crippen molar-refractivity contribution in [2.75, 3.05) is 13.2 Å². The van der Waals surface area contributed by atoms with Gasteiger partial charge in [0.2, 0.25) is 0 Å². The normalized spacial score (nSPS) is 8.86. The van der Waals surface area contributed by atoms with Gasteiger partial charge in [-0.1, -0.05) is 50.2 Å². The van der Waals surface area contributed by atoms with Crippen molar-refractivity contribution in [2.45, 2.75) is 26.7 Å². The molecule has 0 amide bonds. The lowest BCUT2D eigenvalue weighted by molar-refractivity contribution is 0.135. The number of benzene rings is 2. The first-order valence-corrected chi connectivity index (χ1v) is 7.26. The third-order valence-corrected chi connectivity index (χ3v) is 2.21. The molecule has 0 bridgehead atoms. The van der Waals surface area contributed by atoms with Crippen LogP contribution in [0.2, 0.25) is 0 Å². The van der Waals surface area contributed by atoms with E-state index >= 15 is 0 Å². The molecule has 0 saturated heterocycles. The van der Waals surface area contributed by atoms with Crippen molar-refractivity contribution in [1.82, 2.24) is 0 Å². The molecule has 3 nitrogen and oxygen atoms in total. The van der Waals surface area contributed by atoms with Gasteiger partial charge in [0.15, 0.2) is 0 Å². The highest BCUT2D eigenvalue weighted by molar-refractivity contribution is 5.19. The van der Waals surface area contributed by atoms with Gasteiger partial charge in [0.1, 0.15) is 11.5 Å². The minimum Gasteiger partial charge on any atom is -0.508 e. The fourth-order valence-corrected chi connectivity index (χ4v) is 1.25. The highest BCUT2D eigenvalue weighted by Gasteiger charge is 1.78. The molecule has 0 radical (unpaired) electrons. The van der Waals surface area contributed by atoms with Gasteiger partial charge >= 0.3 is 0 Å². The average Bonchev–Trinajstić information content (AvgIpc) is 2.51. The van der Waals surface area contributed by atoms with Gasteiger partial charge in [-0.05, 0) is 37.1 Å². The molecule has 3 heteroatoms. The molecular weight excluding hydrogens is 264 g/mol. The van der Waals surface area contributed by atoms with Crippen LogP contribution in [0.5, 0.6) is 11.5 Å². The summed E-state index contributed by atoms with van der Waals surface area (Å²) in [5, 5.41) is 17.3. The lowest BCUT2D eigenvalue weighted by Crippen LogP contribution is -1.92. The smallest absolute Gasteiger partial charge is 0.115 e. The minimum absolute atomic E-state index is 0.322. The van der Waals surface area contributed by atoms with Crippen molar-refractivity contribution >= 4 is 0 Å². The van der Waals surface area contributed by atoms with Crippen LogP contribution in [0.3, 0.4) is 0 Å². The Kier molecular flexibility index (Phi) is 13.0. The molecule has 0 aromatic heterocycles. The predicted molar refractivity (Wildman–Crippen MR) is 87.6 cm³/mol. The van der Waals surface area contributed by atoms with Crippen molar-refractivity contribution in [1.29, 1.82) is 0 Å². The zero-order valence-electron chi connectivity index (χ0n) is 12.9. The van der Waals surface area contributed by atoms with Gasteiger partial charge in [-0.25, -0.2) is 0 Å². The Hall–Kier alpha value is -2.00. The summed E-state index contributed by atoms with van der Waals surface area (Å²) in [6.07, 6.45) is 2.28. The topological polar surface area (TPSA) is 49.7 Å². The Morgan fingerprint density at radius 2 is 1.00 bits per heavy atom. The van der Waals surface area contributed by atoms with Crippen LogP contribution in [-0.2, 0) is 4.74 Å². The van der Waals surface area contributed by atoms with Crippen LogP contribution in [0, 0.1) is 0 Å². The lowest BCUT2D eigenvalue weighted by atomic mass is 10.3. The molecule has 21 heavy (non-hydrogen) atoms. The summed E-state index contributed by atoms with van der Waals surface area (Å²) in [4.78, 5) is 0. The van der Waals surface area contributed by atoms with Crippen molar-refractivity contribution in [3.8, 4) is 11.5 Å². The van der Waals surface area contributed by atoms with Gasteiger partial charge in [0.05, 0.1) is 0 Å². The molecule has 2 rings (SSSR count). The Labute approximate surface area is 127 Å². The standard InChI is InChI=1S/2C6H6O.C6H14O/c2*7-6-4-2-1-3-5-6;1-3-5-7-6-4-2/h2*1-5,7H;3-6H2,1-2H3. The Balaban J connectivity index is 0.000000286. The van der Waals surface area contributed by atoms with E-state index in [4.69, 9.17) is 14.9 Å². The van der Waals surface area contributed by atoms with E-state index in [0.29, 0.717) is 11.5 Å². The molecule has 0 unspecified atom stereocenters. The molecule has 2 N–H and O–H groups in total. The van der Waals surface area contributed by atoms with E-state index in [1.54, 1.807) is 48.5 Å². The molecule has 0 saturated carbocycles. The first-order chi connectivity index (χ1) is 10.2. The number of rotatable bonds is 4. The Bertz CT molecular complexity index is 373. The second-order valence-corrected chi connectivity index (χ2v) is 4.28. The summed E-state index contributed by atoms with van der Waals surface area (Å²) in [6, 6.07) is 17.4. The highest BCUT2D eigenvalue weighted by atomic mass is 16.5. The van der Waals surface area contributed by atoms with Gasteiger partial charge in [-0.15, -0.1) is 0 Å². The zero-order valence-corrected chi connectivity index (χ0v) is 12.9. The molecule has 2 aromatic rings. The number of hydrogen-bond acceptors (Lipinski definition) is 3. The number of ether oxygens (including phenoxy) is 1. The Morgan fingerprint density at radius 1 is 0.667 bits per heavy atom. The van der Waals surface area contributed by atoms with Crippen LogP contribution in [0.4, 0.5) is 0 Å². The summed E-state index contributed by atoms with van der Waals surface area (Å²) >= 11 is 0. The molecule has 2 aromatic carbocycles. The highest BCUT2D eigenvalue weighted by Crippen LogP contribution is 2.03. The molecule has 0 aliphatic carbocycles. The van der Waals surface area contributed by atoms with Gasteiger partial charge in [-0.2, -0.15) is 0 Å². The van der Waals surface area contributed by atoms with Crippen LogP contribution >= 0.6 is 0 Å². The third-order valence-electron chi connectivity index (χ3n) is 2.21. The lowest BCUT2D eigenvalue weighted by Gasteiger charge is -1.95. The fourth-order valence-electron chi connectivity index (χ4n) is 1.25. The van der Waals surface area contributed by atoms with Gasteiger partial charge in [-0.3, -0.25) is 0 Å². The van der Waals surface area contributed by atoms with Gasteiger partial charge < -0.3 is 14.9 Å². The fraction of sp³-hybridized carbons (Fsp3) is 0.333. The number of phenols is 2. The second-order valence-electron chi connectivity index (χ2n) is 4.28. The third kappa shape index (κ3) is 14.2. The average molecular weight is 290 g/mol. The predicted octanol–water partition coefficient (Wildman–Crippen LogP) is 4.61. The zero-order chi connectivity index (χ0) is 15.8. The molecule has 0 fully saturated rings. The first-order valence-electron chi connectivity index (χ1n) is 7.26. The number of phenolic OH excluding ortho intramolecular Hbond substituents is 2. The van der Waals surface area contributed by atoms with Crippen molar-refractivity contribution in [2.24, 2.45) is 0 Å². The van der Waals surface area contributed by atoms with E-state index < -0.39 is 0 Å². The summed E-state index contributed by atoms with van der Waals surface area (Å²) in [6.45, 7) is 6.09. The van der Waals surface area contributed by atoms with E-state index in [2.05, 4.69) is 13.8 Å².